The first kappa shape index (κ1) is 54.4. The molecule has 3 aliphatic rings. The van der Waals surface area contributed by atoms with Crippen molar-refractivity contribution in [3.63, 3.8) is 0 Å². The van der Waals surface area contributed by atoms with E-state index < -0.39 is 17.1 Å². The number of hydrogen-bond donors (Lipinski definition) is 2. The third kappa shape index (κ3) is 12.2. The molecular weight excluding hydrogens is 919 g/mol. The first-order valence-corrected chi connectivity index (χ1v) is 24.0. The summed E-state index contributed by atoms with van der Waals surface area (Å²) in [6.07, 6.45) is 9.94. The van der Waals surface area contributed by atoms with Gasteiger partial charge in [-0.2, -0.15) is 0 Å². The number of fused-ring (bicyclic) bond motifs is 3. The van der Waals surface area contributed by atoms with Crippen LogP contribution in [0.3, 0.4) is 0 Å². The normalized spacial score (nSPS) is 18.4. The van der Waals surface area contributed by atoms with Gasteiger partial charge in [-0.3, -0.25) is 19.2 Å². The van der Waals surface area contributed by atoms with Gasteiger partial charge < -0.3 is 53.5 Å². The van der Waals surface area contributed by atoms with E-state index in [2.05, 4.69) is 34.9 Å². The van der Waals surface area contributed by atoms with Crippen molar-refractivity contribution in [1.82, 2.24) is 9.47 Å². The summed E-state index contributed by atoms with van der Waals surface area (Å²) in [5.74, 6) is 2.80. The van der Waals surface area contributed by atoms with E-state index in [9.17, 15) is 24.3 Å². The predicted octanol–water partition coefficient (Wildman–Crippen LogP) is 9.12. The number of primary amides is 1. The number of amides is 1. The van der Waals surface area contributed by atoms with Gasteiger partial charge in [-0.05, 0) is 113 Å². The molecule has 384 valence electrons. The van der Waals surface area contributed by atoms with Crippen LogP contribution in [0.4, 0.5) is 0 Å². The molecule has 1 aromatic heterocycles. The van der Waals surface area contributed by atoms with Crippen molar-refractivity contribution >= 4 is 34.2 Å². The van der Waals surface area contributed by atoms with E-state index in [1.807, 2.05) is 38.1 Å². The number of Topliss-reactive ketones (excluding diaryl/α,β-unsaturated/α-hetero) is 3. The number of phenolic OH excluding ortho intramolecular Hbond substituents is 1. The lowest BCUT2D eigenvalue weighted by molar-refractivity contribution is -0.00698. The summed E-state index contributed by atoms with van der Waals surface area (Å²) in [5, 5.41) is 11.0. The molecule has 8 rings (SSSR count). The Kier molecular flexibility index (Phi) is 18.1. The Balaban J connectivity index is 0.000000202. The Morgan fingerprint density at radius 2 is 1.26 bits per heavy atom. The number of carbonyl (C=O) groups is 4. The molecule has 0 aliphatic carbocycles. The molecule has 2 atom stereocenters. The van der Waals surface area contributed by atoms with Gasteiger partial charge in [0.2, 0.25) is 5.91 Å². The minimum Gasteiger partial charge on any atom is -0.507 e. The van der Waals surface area contributed by atoms with Crippen LogP contribution in [-0.4, -0.2) is 117 Å². The van der Waals surface area contributed by atoms with Crippen molar-refractivity contribution in [2.75, 3.05) is 68.4 Å². The monoisotopic (exact) mass is 987 g/mol. The summed E-state index contributed by atoms with van der Waals surface area (Å²) in [5.41, 5.74) is 9.70. The molecule has 0 spiro atoms. The number of nitrogens with two attached hydrogens (primary N) is 1. The van der Waals surface area contributed by atoms with Crippen LogP contribution in [-0.2, 0) is 28.7 Å². The third-order valence-corrected chi connectivity index (χ3v) is 13.3. The second kappa shape index (κ2) is 24.0. The van der Waals surface area contributed by atoms with Crippen LogP contribution in [0.2, 0.25) is 0 Å². The second-order valence-corrected chi connectivity index (χ2v) is 18.8. The zero-order chi connectivity index (χ0) is 52.3. The van der Waals surface area contributed by atoms with Crippen LogP contribution in [0.5, 0.6) is 34.5 Å². The van der Waals surface area contributed by atoms with Crippen LogP contribution >= 0.6 is 0 Å². The minimum atomic E-state index is -0.688. The lowest BCUT2D eigenvalue weighted by Crippen LogP contribution is -2.43. The highest BCUT2D eigenvalue weighted by Crippen LogP contribution is 2.43. The molecule has 4 aromatic carbocycles. The number of ketones is 3. The van der Waals surface area contributed by atoms with Gasteiger partial charge in [0.1, 0.15) is 45.7 Å². The molecule has 1 amide bonds. The van der Waals surface area contributed by atoms with Gasteiger partial charge in [0.05, 0.1) is 64.1 Å². The summed E-state index contributed by atoms with van der Waals surface area (Å²) in [7, 11) is 8.01. The fourth-order valence-corrected chi connectivity index (χ4v) is 9.80. The second-order valence-electron chi connectivity index (χ2n) is 18.8. The molecule has 72 heavy (non-hydrogen) atoms. The number of allylic oxidation sites excluding steroid dienone is 2. The third-order valence-electron chi connectivity index (χ3n) is 13.3. The smallest absolute Gasteiger partial charge is 0.248 e. The fraction of sp³-hybridized carbons (Fsp3) is 0.404. The number of rotatable bonds is 17. The fourth-order valence-electron chi connectivity index (χ4n) is 9.80. The Labute approximate surface area is 422 Å². The van der Waals surface area contributed by atoms with E-state index in [0.717, 1.165) is 66.7 Å². The molecule has 2 unspecified atom stereocenters. The van der Waals surface area contributed by atoms with E-state index in [1.54, 1.807) is 70.9 Å². The first-order chi connectivity index (χ1) is 34.5. The number of nitrogens with zero attached hydrogens (tertiary/aromatic N) is 2. The van der Waals surface area contributed by atoms with Gasteiger partial charge in [0, 0.05) is 73.9 Å². The number of aromatic hydroxyl groups is 1. The van der Waals surface area contributed by atoms with Gasteiger partial charge in [-0.1, -0.05) is 18.2 Å². The highest BCUT2D eigenvalue weighted by atomic mass is 16.5. The van der Waals surface area contributed by atoms with Crippen molar-refractivity contribution in [2.45, 2.75) is 83.0 Å². The van der Waals surface area contributed by atoms with Crippen LogP contribution in [0, 0.1) is 0 Å². The van der Waals surface area contributed by atoms with Crippen molar-refractivity contribution in [1.29, 1.82) is 0 Å². The van der Waals surface area contributed by atoms with Crippen molar-refractivity contribution in [2.24, 2.45) is 5.73 Å². The molecule has 0 bridgehead atoms. The molecule has 1 saturated heterocycles. The molecule has 5 aromatic rings. The van der Waals surface area contributed by atoms with Crippen LogP contribution in [0.1, 0.15) is 111 Å². The molecule has 1 fully saturated rings. The summed E-state index contributed by atoms with van der Waals surface area (Å²) in [6.45, 7) is 16.0. The molecule has 0 saturated carbocycles. The zero-order valence-corrected chi connectivity index (χ0v) is 42.9. The van der Waals surface area contributed by atoms with Crippen LogP contribution < -0.4 is 29.4 Å². The molecular formula is C57H69N3O12. The van der Waals surface area contributed by atoms with E-state index in [1.165, 1.54) is 14.0 Å². The van der Waals surface area contributed by atoms with E-state index in [-0.39, 0.29) is 23.1 Å². The summed E-state index contributed by atoms with van der Waals surface area (Å²) < 4.78 is 41.4. The lowest BCUT2D eigenvalue weighted by atomic mass is 9.89. The van der Waals surface area contributed by atoms with Crippen molar-refractivity contribution < 1.29 is 57.4 Å². The maximum Gasteiger partial charge on any atom is 0.248 e. The molecule has 4 heterocycles. The number of aromatic nitrogens is 1. The summed E-state index contributed by atoms with van der Waals surface area (Å²) in [4.78, 5) is 50.6. The molecule has 3 aliphatic heterocycles. The van der Waals surface area contributed by atoms with Gasteiger partial charge >= 0.3 is 0 Å². The number of benzene rings is 4. The van der Waals surface area contributed by atoms with Gasteiger partial charge in [0.15, 0.2) is 17.3 Å². The number of carbonyl (C=O) groups excluding carboxylic acids is 4. The highest BCUT2D eigenvalue weighted by Gasteiger charge is 2.40. The van der Waals surface area contributed by atoms with Gasteiger partial charge in [-0.15, -0.1) is 13.2 Å². The molecule has 3 N–H and O–H groups in total. The number of hydrogen-bond acceptors (Lipinski definition) is 13. The summed E-state index contributed by atoms with van der Waals surface area (Å²) >= 11 is 0. The summed E-state index contributed by atoms with van der Waals surface area (Å²) in [6, 6.07) is 18.6. The molecule has 0 radical (unpaired) electrons. The Bertz CT molecular complexity index is 2810. The zero-order valence-electron chi connectivity index (χ0n) is 42.9. The average Bonchev–Trinajstić information content (AvgIpc) is 3.78. The van der Waals surface area contributed by atoms with Crippen LogP contribution in [0.25, 0.3) is 10.9 Å². The number of likely N-dealkylation sites (tertiary alicyclic amines) is 1. The van der Waals surface area contributed by atoms with Gasteiger partial charge in [0.25, 0.3) is 0 Å². The van der Waals surface area contributed by atoms with Crippen molar-refractivity contribution in [3.8, 4) is 34.5 Å². The maximum atomic E-state index is 12.9. The lowest BCUT2D eigenvalue weighted by Gasteiger charge is -2.36. The largest absolute Gasteiger partial charge is 0.507 e. The Morgan fingerprint density at radius 3 is 1.78 bits per heavy atom. The number of piperidine rings is 1. The first-order valence-electron chi connectivity index (χ1n) is 24.0. The number of ether oxygens (including phenoxy) is 7. The van der Waals surface area contributed by atoms with Crippen LogP contribution in [0.15, 0.2) is 92.2 Å². The SMILES string of the molecule is C=CCc1c(OC)ccc(C(C)=O)c1O.C=CCc1c(OC)ccc2c1OC(C)(COC)CC2=O.COCC1(C)CC(=O)c2ccc(OC)c(CCN3CCC(n4ccc5ccc(C(N)=O)cc54)CC3)c2O1. The average molecular weight is 988 g/mol. The quantitative estimate of drug-likeness (QED) is 0.0664. The minimum absolute atomic E-state index is 0.0123. The van der Waals surface area contributed by atoms with E-state index in [0.29, 0.717) is 95.8 Å². The van der Waals surface area contributed by atoms with E-state index in [4.69, 9.17) is 38.9 Å². The van der Waals surface area contributed by atoms with Gasteiger partial charge in [-0.25, -0.2) is 0 Å². The van der Waals surface area contributed by atoms with Crippen molar-refractivity contribution in [3.05, 3.63) is 131 Å². The maximum absolute atomic E-state index is 12.9. The number of phenols is 1. The van der Waals surface area contributed by atoms with E-state index >= 15 is 0 Å². The molecule has 15 nitrogen and oxygen atoms in total. The standard InChI is InChI=1S/C29H35N3O5.C16H20O4.C12H14O3/c1-29(18-35-2)17-25(33)22-6-7-26(36-3)23(27(22)37-29)11-14-31-12-9-21(10-13-31)32-15-8-19-4-5-20(28(30)34)16-24(19)32;1-5-6-12-14(19-4)8-7-11-13(17)9-16(2,10-18-3)20-15(11)12;1-4-5-10-11(15-3)7-6-9(8(2)13)12(10)14/h4-8,15-16,21H,9-14,17-18H2,1-3H3,(H2,30,34);5,7-8H,1,6,9-10H2,2-4H3;4,6-7,14H,1,5H2,2-3H3. The predicted molar refractivity (Wildman–Crippen MR) is 277 cm³/mol. The topological polar surface area (TPSA) is 187 Å². The Hall–Kier alpha value is -6.94. The molecule has 15 heteroatoms. The Morgan fingerprint density at radius 1 is 0.750 bits per heavy atom. The number of methoxy groups -OCH3 is 5. The highest BCUT2D eigenvalue weighted by molar-refractivity contribution is 6.02.